The first kappa shape index (κ1) is 17.4. The maximum atomic E-state index is 12.6. The van der Waals surface area contributed by atoms with Crippen LogP contribution < -0.4 is 14.8 Å². The van der Waals surface area contributed by atoms with E-state index in [9.17, 15) is 4.79 Å². The van der Waals surface area contributed by atoms with Crippen LogP contribution in [0.15, 0.2) is 42.5 Å². The Morgan fingerprint density at radius 1 is 1.08 bits per heavy atom. The van der Waals surface area contributed by atoms with Gasteiger partial charge in [0.15, 0.2) is 0 Å². The maximum Gasteiger partial charge on any atom is 0.265 e. The second-order valence-electron chi connectivity index (χ2n) is 5.09. The molecule has 0 unspecified atom stereocenters. The number of carbonyl (C=O) groups excluding carboxylic acids is 1. The van der Waals surface area contributed by atoms with Crippen LogP contribution >= 0.6 is 11.3 Å². The molecule has 0 saturated carbocycles. The van der Waals surface area contributed by atoms with E-state index in [0.29, 0.717) is 27.2 Å². The number of anilines is 1. The summed E-state index contributed by atoms with van der Waals surface area (Å²) in [5, 5.41) is 20.6. The van der Waals surface area contributed by atoms with Gasteiger partial charge < -0.3 is 9.47 Å². The molecule has 1 N–H and O–H groups in total. The minimum atomic E-state index is -0.401. The molecule has 3 rings (SSSR count). The fraction of sp³-hybridized carbons (Fsp3) is 0.111. The van der Waals surface area contributed by atoms with E-state index in [1.807, 2.05) is 0 Å². The number of ether oxygens (including phenoxy) is 2. The summed E-state index contributed by atoms with van der Waals surface area (Å²) in [6.45, 7) is 0. The zero-order valence-electron chi connectivity index (χ0n) is 14.0. The lowest BCUT2D eigenvalue weighted by atomic mass is 10.1. The number of benzene rings is 2. The molecule has 0 saturated heterocycles. The average molecular weight is 366 g/mol. The molecule has 130 valence electrons. The molecule has 0 atom stereocenters. The first-order valence-electron chi connectivity index (χ1n) is 7.52. The summed E-state index contributed by atoms with van der Waals surface area (Å²) in [5.74, 6) is 0.402. The zero-order valence-corrected chi connectivity index (χ0v) is 14.8. The fourth-order valence-corrected chi connectivity index (χ4v) is 3.06. The third-order valence-corrected chi connectivity index (χ3v) is 4.45. The smallest absolute Gasteiger partial charge is 0.265 e. The summed E-state index contributed by atoms with van der Waals surface area (Å²) < 4.78 is 10.5. The monoisotopic (exact) mass is 366 g/mol. The lowest BCUT2D eigenvalue weighted by molar-refractivity contribution is 0.102. The standard InChI is InChI=1S/C18H14N4O3S/c1-24-13-4-3-5-14(25-2)15(13)16(23)20-18-22-21-17(26-18)12-8-6-11(10-19)7-9-12/h3-9H,1-2H3,(H,20,22,23). The summed E-state index contributed by atoms with van der Waals surface area (Å²) in [6, 6.07) is 14.1. The Hall–Kier alpha value is -3.44. The normalized spacial score (nSPS) is 10.0. The van der Waals surface area contributed by atoms with Gasteiger partial charge in [-0.25, -0.2) is 0 Å². The number of nitrogens with one attached hydrogen (secondary N) is 1. The third-order valence-electron chi connectivity index (χ3n) is 3.56. The summed E-state index contributed by atoms with van der Waals surface area (Å²) in [6.07, 6.45) is 0. The van der Waals surface area contributed by atoms with Crippen molar-refractivity contribution in [3.05, 3.63) is 53.6 Å². The van der Waals surface area contributed by atoms with E-state index in [4.69, 9.17) is 14.7 Å². The SMILES string of the molecule is COc1cccc(OC)c1C(=O)Nc1nnc(-c2ccc(C#N)cc2)s1. The van der Waals surface area contributed by atoms with Gasteiger partial charge in [-0.15, -0.1) is 10.2 Å². The first-order chi connectivity index (χ1) is 12.7. The Bertz CT molecular complexity index is 955. The first-order valence-corrected chi connectivity index (χ1v) is 8.34. The number of rotatable bonds is 5. The number of amides is 1. The van der Waals surface area contributed by atoms with Crippen LogP contribution in [0.25, 0.3) is 10.6 Å². The van der Waals surface area contributed by atoms with E-state index in [1.165, 1.54) is 25.6 Å². The molecule has 1 amide bonds. The van der Waals surface area contributed by atoms with Crippen LogP contribution in [0, 0.1) is 11.3 Å². The fourth-order valence-electron chi connectivity index (χ4n) is 2.31. The molecule has 8 heteroatoms. The highest BCUT2D eigenvalue weighted by molar-refractivity contribution is 7.18. The topological polar surface area (TPSA) is 97.1 Å². The Morgan fingerprint density at radius 2 is 1.73 bits per heavy atom. The van der Waals surface area contributed by atoms with Gasteiger partial charge in [-0.1, -0.05) is 29.5 Å². The van der Waals surface area contributed by atoms with Crippen molar-refractivity contribution in [3.8, 4) is 28.1 Å². The van der Waals surface area contributed by atoms with Gasteiger partial charge >= 0.3 is 0 Å². The molecular weight excluding hydrogens is 352 g/mol. The van der Waals surface area contributed by atoms with Gasteiger partial charge in [0.05, 0.1) is 25.9 Å². The van der Waals surface area contributed by atoms with E-state index in [1.54, 1.807) is 42.5 Å². The highest BCUT2D eigenvalue weighted by Gasteiger charge is 2.20. The zero-order chi connectivity index (χ0) is 18.5. The van der Waals surface area contributed by atoms with Crippen molar-refractivity contribution in [1.29, 1.82) is 5.26 Å². The van der Waals surface area contributed by atoms with Gasteiger partial charge in [-0.05, 0) is 24.3 Å². The van der Waals surface area contributed by atoms with Crippen molar-refractivity contribution in [1.82, 2.24) is 10.2 Å². The van der Waals surface area contributed by atoms with Gasteiger partial charge in [0.1, 0.15) is 22.1 Å². The Kier molecular flexibility index (Phi) is 5.10. The largest absolute Gasteiger partial charge is 0.496 e. The van der Waals surface area contributed by atoms with Gasteiger partial charge in [0.25, 0.3) is 5.91 Å². The Balaban J connectivity index is 1.83. The van der Waals surface area contributed by atoms with Crippen molar-refractivity contribution >= 4 is 22.4 Å². The molecule has 26 heavy (non-hydrogen) atoms. The van der Waals surface area contributed by atoms with Crippen LogP contribution in [-0.4, -0.2) is 30.3 Å². The number of aromatic nitrogens is 2. The molecule has 1 aromatic heterocycles. The molecule has 0 aliphatic heterocycles. The van der Waals surface area contributed by atoms with Gasteiger partial charge in [-0.2, -0.15) is 5.26 Å². The predicted molar refractivity (Wildman–Crippen MR) is 97.6 cm³/mol. The van der Waals surface area contributed by atoms with Crippen molar-refractivity contribution in [2.24, 2.45) is 0 Å². The van der Waals surface area contributed by atoms with E-state index in [0.717, 1.165) is 5.56 Å². The van der Waals surface area contributed by atoms with Crippen LogP contribution in [0.4, 0.5) is 5.13 Å². The molecule has 2 aromatic carbocycles. The van der Waals surface area contributed by atoms with Crippen molar-refractivity contribution in [2.45, 2.75) is 0 Å². The minimum absolute atomic E-state index is 0.285. The summed E-state index contributed by atoms with van der Waals surface area (Å²) in [4.78, 5) is 12.6. The van der Waals surface area contributed by atoms with Crippen LogP contribution in [-0.2, 0) is 0 Å². The maximum absolute atomic E-state index is 12.6. The number of nitriles is 1. The predicted octanol–water partition coefficient (Wildman–Crippen LogP) is 3.35. The quantitative estimate of drug-likeness (QED) is 0.744. The van der Waals surface area contributed by atoms with E-state index < -0.39 is 5.91 Å². The summed E-state index contributed by atoms with van der Waals surface area (Å²) in [7, 11) is 2.97. The lowest BCUT2D eigenvalue weighted by Gasteiger charge is -2.11. The van der Waals surface area contributed by atoms with E-state index in [2.05, 4.69) is 21.6 Å². The van der Waals surface area contributed by atoms with Crippen LogP contribution in [0.3, 0.4) is 0 Å². The highest BCUT2D eigenvalue weighted by atomic mass is 32.1. The van der Waals surface area contributed by atoms with Crippen LogP contribution in [0.2, 0.25) is 0 Å². The number of carbonyl (C=O) groups is 1. The molecule has 1 heterocycles. The van der Waals surface area contributed by atoms with E-state index in [-0.39, 0.29) is 5.56 Å². The molecule has 0 aliphatic carbocycles. The number of hydrogen-bond donors (Lipinski definition) is 1. The number of hydrogen-bond acceptors (Lipinski definition) is 7. The third kappa shape index (κ3) is 3.48. The molecule has 0 radical (unpaired) electrons. The molecule has 7 nitrogen and oxygen atoms in total. The second kappa shape index (κ2) is 7.63. The Morgan fingerprint density at radius 3 is 2.31 bits per heavy atom. The molecule has 3 aromatic rings. The Labute approximate surface area is 153 Å². The molecule has 0 spiro atoms. The summed E-state index contributed by atoms with van der Waals surface area (Å²) in [5.41, 5.74) is 1.67. The highest BCUT2D eigenvalue weighted by Crippen LogP contribution is 2.31. The minimum Gasteiger partial charge on any atom is -0.496 e. The number of nitrogens with zero attached hydrogens (tertiary/aromatic N) is 3. The molecule has 0 bridgehead atoms. The molecule has 0 fully saturated rings. The second-order valence-corrected chi connectivity index (χ2v) is 6.07. The number of methoxy groups -OCH3 is 2. The lowest BCUT2D eigenvalue weighted by Crippen LogP contribution is -2.14. The van der Waals surface area contributed by atoms with Gasteiger partial charge in [-0.3, -0.25) is 10.1 Å². The molecule has 0 aliphatic rings. The van der Waals surface area contributed by atoms with Crippen molar-refractivity contribution in [3.63, 3.8) is 0 Å². The molecular formula is C18H14N4O3S. The summed E-state index contributed by atoms with van der Waals surface area (Å²) >= 11 is 1.23. The van der Waals surface area contributed by atoms with E-state index >= 15 is 0 Å². The van der Waals surface area contributed by atoms with Crippen LogP contribution in [0.5, 0.6) is 11.5 Å². The van der Waals surface area contributed by atoms with Gasteiger partial charge in [0.2, 0.25) is 5.13 Å². The van der Waals surface area contributed by atoms with Crippen molar-refractivity contribution < 1.29 is 14.3 Å². The van der Waals surface area contributed by atoms with Gasteiger partial charge in [0, 0.05) is 5.56 Å². The van der Waals surface area contributed by atoms with Crippen molar-refractivity contribution in [2.75, 3.05) is 19.5 Å². The van der Waals surface area contributed by atoms with Crippen LogP contribution in [0.1, 0.15) is 15.9 Å². The average Bonchev–Trinajstić information content (AvgIpc) is 3.15.